The Morgan fingerprint density at radius 2 is 1.74 bits per heavy atom. The van der Waals surface area contributed by atoms with Crippen LogP contribution >= 0.6 is 11.8 Å². The van der Waals surface area contributed by atoms with Gasteiger partial charge in [0.05, 0.1) is 19.9 Å². The number of fused-ring (bicyclic) bond motifs is 1. The Bertz CT molecular complexity index is 1220. The van der Waals surface area contributed by atoms with Gasteiger partial charge >= 0.3 is 0 Å². The number of aromatic nitrogens is 1. The first-order chi connectivity index (χ1) is 18.5. The number of para-hydroxylation sites is 1. The van der Waals surface area contributed by atoms with Gasteiger partial charge in [-0.1, -0.05) is 43.8 Å². The van der Waals surface area contributed by atoms with Crippen molar-refractivity contribution in [1.29, 1.82) is 0 Å². The highest BCUT2D eigenvalue weighted by atomic mass is 32.2. The number of likely N-dealkylation sites (N-methyl/N-ethyl adjacent to an activating group) is 1. The zero-order valence-electron chi connectivity index (χ0n) is 22.8. The molecule has 0 bridgehead atoms. The molecule has 3 heterocycles. The molecule has 1 fully saturated rings. The van der Waals surface area contributed by atoms with Crippen LogP contribution < -0.4 is 20.1 Å². The van der Waals surface area contributed by atoms with Gasteiger partial charge in [0.2, 0.25) is 0 Å². The second kappa shape index (κ2) is 13.0. The maximum atomic E-state index is 13.1. The van der Waals surface area contributed by atoms with E-state index < -0.39 is 0 Å². The molecule has 1 saturated heterocycles. The number of hydrogen-bond donors (Lipinski definition) is 2. The van der Waals surface area contributed by atoms with Crippen molar-refractivity contribution < 1.29 is 14.3 Å². The number of amides is 1. The summed E-state index contributed by atoms with van der Waals surface area (Å²) >= 11 is 1.66. The van der Waals surface area contributed by atoms with Crippen molar-refractivity contribution in [2.45, 2.75) is 30.8 Å². The summed E-state index contributed by atoms with van der Waals surface area (Å²) in [5, 5.41) is 7.60. The first-order valence-electron chi connectivity index (χ1n) is 13.0. The predicted octanol–water partition coefficient (Wildman–Crippen LogP) is 5.34. The highest BCUT2D eigenvalue weighted by Gasteiger charge is 2.27. The third-order valence-corrected chi connectivity index (χ3v) is 7.69. The molecule has 202 valence electrons. The van der Waals surface area contributed by atoms with Gasteiger partial charge in [-0.25, -0.2) is 4.98 Å². The molecule has 2 aliphatic heterocycles. The minimum absolute atomic E-state index is 0.0530. The minimum atomic E-state index is -0.229. The Morgan fingerprint density at radius 3 is 2.42 bits per heavy atom. The first kappa shape index (κ1) is 27.8. The lowest BCUT2D eigenvalue weighted by Gasteiger charge is -2.32. The Hall–Kier alpha value is -3.27. The van der Waals surface area contributed by atoms with Crippen molar-refractivity contribution in [2.75, 3.05) is 58.1 Å². The van der Waals surface area contributed by atoms with Gasteiger partial charge in [-0.2, -0.15) is 0 Å². The fraction of sp³-hybridized carbons (Fsp3) is 0.379. The number of pyridine rings is 1. The standard InChI is InChI=1S/C27H31N5O3S.C2H6/c1-31-8-10-32(11-9-31)17-18-12-24-27(28-16-18)36-26(30-24)22-6-4-5-7-23(22)29-25(33)19-13-20(34-2)15-21(14-19)35-3;1-2/h4-7,12-16,26,30H,8-11,17H2,1-3H3,(H,29,33);1-2H3. The topological polar surface area (TPSA) is 79.0 Å². The third kappa shape index (κ3) is 6.59. The zero-order valence-corrected chi connectivity index (χ0v) is 23.6. The Labute approximate surface area is 229 Å². The molecule has 2 N–H and O–H groups in total. The van der Waals surface area contributed by atoms with Crippen LogP contribution in [0, 0.1) is 0 Å². The number of carbonyl (C=O) groups excluding carboxylic acids is 1. The molecular formula is C29H37N5O3S. The molecule has 3 aromatic rings. The van der Waals surface area contributed by atoms with E-state index in [-0.39, 0.29) is 11.3 Å². The van der Waals surface area contributed by atoms with Gasteiger partial charge in [0.15, 0.2) is 0 Å². The average Bonchev–Trinajstić information content (AvgIpc) is 3.38. The Morgan fingerprint density at radius 1 is 1.05 bits per heavy atom. The number of anilines is 2. The lowest BCUT2D eigenvalue weighted by Crippen LogP contribution is -2.43. The molecule has 8 nitrogen and oxygen atoms in total. The molecule has 2 aromatic carbocycles. The molecule has 0 radical (unpaired) electrons. The smallest absolute Gasteiger partial charge is 0.255 e. The molecule has 0 spiro atoms. The van der Waals surface area contributed by atoms with Gasteiger partial charge in [0, 0.05) is 61.8 Å². The van der Waals surface area contributed by atoms with Gasteiger partial charge in [-0.3, -0.25) is 9.69 Å². The number of piperazine rings is 1. The number of rotatable bonds is 7. The fourth-order valence-electron chi connectivity index (χ4n) is 4.44. The van der Waals surface area contributed by atoms with Crippen molar-refractivity contribution in [3.63, 3.8) is 0 Å². The summed E-state index contributed by atoms with van der Waals surface area (Å²) in [5.41, 5.74) is 4.45. The van der Waals surface area contributed by atoms with Crippen molar-refractivity contribution in [1.82, 2.24) is 14.8 Å². The van der Waals surface area contributed by atoms with Crippen molar-refractivity contribution in [3.8, 4) is 11.5 Å². The summed E-state index contributed by atoms with van der Waals surface area (Å²) in [7, 11) is 5.30. The molecule has 1 aromatic heterocycles. The van der Waals surface area contributed by atoms with Crippen molar-refractivity contribution in [3.05, 3.63) is 71.4 Å². The maximum absolute atomic E-state index is 13.1. The molecule has 9 heteroatoms. The fourth-order valence-corrected chi connectivity index (χ4v) is 5.54. The lowest BCUT2D eigenvalue weighted by molar-refractivity contribution is 0.102. The van der Waals surface area contributed by atoms with E-state index in [1.807, 2.05) is 44.3 Å². The molecule has 2 aliphatic rings. The highest BCUT2D eigenvalue weighted by Crippen LogP contribution is 2.47. The van der Waals surface area contributed by atoms with E-state index >= 15 is 0 Å². The monoisotopic (exact) mass is 535 g/mol. The molecular weight excluding hydrogens is 498 g/mol. The van der Waals surface area contributed by atoms with E-state index in [4.69, 9.17) is 14.5 Å². The number of methoxy groups -OCH3 is 2. The summed E-state index contributed by atoms with van der Waals surface area (Å²) < 4.78 is 10.6. The van der Waals surface area contributed by atoms with E-state index in [0.29, 0.717) is 17.1 Å². The van der Waals surface area contributed by atoms with E-state index in [0.717, 1.165) is 54.7 Å². The number of hydrogen-bond acceptors (Lipinski definition) is 8. The van der Waals surface area contributed by atoms with Gasteiger partial charge in [0.1, 0.15) is 21.9 Å². The molecule has 38 heavy (non-hydrogen) atoms. The van der Waals surface area contributed by atoms with Gasteiger partial charge < -0.3 is 25.0 Å². The van der Waals surface area contributed by atoms with E-state index in [2.05, 4.69) is 33.5 Å². The second-order valence-electron chi connectivity index (χ2n) is 9.06. The number of nitrogens with zero attached hydrogens (tertiary/aromatic N) is 3. The van der Waals surface area contributed by atoms with Crippen LogP contribution in [0.2, 0.25) is 0 Å². The molecule has 1 atom stereocenters. The first-order valence-corrected chi connectivity index (χ1v) is 13.9. The van der Waals surface area contributed by atoms with Crippen LogP contribution in [-0.2, 0) is 6.54 Å². The van der Waals surface area contributed by atoms with Crippen LogP contribution in [0.1, 0.15) is 40.7 Å². The van der Waals surface area contributed by atoms with E-state index in [1.54, 1.807) is 44.2 Å². The minimum Gasteiger partial charge on any atom is -0.497 e. The molecule has 5 rings (SSSR count). The van der Waals surface area contributed by atoms with Gasteiger partial charge in [0.25, 0.3) is 5.91 Å². The molecule has 0 saturated carbocycles. The number of ether oxygens (including phenoxy) is 2. The number of carbonyl (C=O) groups is 1. The Kier molecular flexibility index (Phi) is 9.49. The van der Waals surface area contributed by atoms with Crippen LogP contribution in [0.25, 0.3) is 0 Å². The number of benzene rings is 2. The average molecular weight is 536 g/mol. The third-order valence-electron chi connectivity index (χ3n) is 6.53. The predicted molar refractivity (Wildman–Crippen MR) is 155 cm³/mol. The molecule has 1 amide bonds. The summed E-state index contributed by atoms with van der Waals surface area (Å²) in [6, 6.07) is 15.2. The summed E-state index contributed by atoms with van der Waals surface area (Å²) in [6.45, 7) is 9.25. The zero-order chi connectivity index (χ0) is 27.1. The lowest BCUT2D eigenvalue weighted by atomic mass is 10.1. The van der Waals surface area contributed by atoms with Crippen LogP contribution in [0.5, 0.6) is 11.5 Å². The van der Waals surface area contributed by atoms with Crippen LogP contribution in [0.4, 0.5) is 11.4 Å². The quantitative estimate of drug-likeness (QED) is 0.420. The van der Waals surface area contributed by atoms with Crippen LogP contribution in [-0.4, -0.2) is 68.1 Å². The summed E-state index contributed by atoms with van der Waals surface area (Å²) in [4.78, 5) is 22.7. The second-order valence-corrected chi connectivity index (χ2v) is 10.2. The highest BCUT2D eigenvalue weighted by molar-refractivity contribution is 8.00. The van der Waals surface area contributed by atoms with Crippen LogP contribution in [0.15, 0.2) is 59.8 Å². The summed E-state index contributed by atoms with van der Waals surface area (Å²) in [6.07, 6.45) is 1.98. The van der Waals surface area contributed by atoms with Gasteiger partial charge in [-0.15, -0.1) is 0 Å². The largest absolute Gasteiger partial charge is 0.497 e. The van der Waals surface area contributed by atoms with Gasteiger partial charge in [-0.05, 0) is 36.9 Å². The van der Waals surface area contributed by atoms with Crippen molar-refractivity contribution >= 4 is 29.0 Å². The number of thioether (sulfide) groups is 1. The van der Waals surface area contributed by atoms with E-state index in [9.17, 15) is 4.79 Å². The van der Waals surface area contributed by atoms with Crippen LogP contribution in [0.3, 0.4) is 0 Å². The molecule has 0 aliphatic carbocycles. The van der Waals surface area contributed by atoms with E-state index in [1.165, 1.54) is 5.56 Å². The normalized spacial score (nSPS) is 17.0. The van der Waals surface area contributed by atoms with Crippen molar-refractivity contribution in [2.24, 2.45) is 0 Å². The number of nitrogens with one attached hydrogen (secondary N) is 2. The SMILES string of the molecule is CC.COc1cc(OC)cc(C(=O)Nc2ccccc2C2Nc3cc(CN4CCN(C)CC4)cnc3S2)c1. The summed E-state index contributed by atoms with van der Waals surface area (Å²) in [5.74, 6) is 0.900. The maximum Gasteiger partial charge on any atom is 0.255 e. The molecule has 1 unspecified atom stereocenters. The Balaban J connectivity index is 0.00000164.